The molecule has 0 saturated heterocycles. The van der Waals surface area contributed by atoms with Gasteiger partial charge in [0, 0.05) is 12.1 Å². The molecule has 0 saturated carbocycles. The minimum Gasteiger partial charge on any atom is -0.350 e. The van der Waals surface area contributed by atoms with E-state index in [0.29, 0.717) is 11.1 Å². The van der Waals surface area contributed by atoms with Crippen LogP contribution in [0.15, 0.2) is 59.5 Å². The highest BCUT2D eigenvalue weighted by atomic mass is 32.2. The zero-order chi connectivity index (χ0) is 20.7. The van der Waals surface area contributed by atoms with E-state index in [9.17, 15) is 18.0 Å². The molecule has 0 aliphatic rings. The zero-order valence-corrected chi connectivity index (χ0v) is 16.9. The van der Waals surface area contributed by atoms with E-state index in [0.717, 1.165) is 0 Å². The Morgan fingerprint density at radius 1 is 1.00 bits per heavy atom. The Balaban J connectivity index is 2.05. The number of hydrogen-bond donors (Lipinski definition) is 3. The topological polar surface area (TPSA) is 104 Å². The number of carbonyl (C=O) groups is 2. The Bertz CT molecular complexity index is 927. The number of carbonyl (C=O) groups excluding carboxylic acids is 2. The Morgan fingerprint density at radius 3 is 2.29 bits per heavy atom. The van der Waals surface area contributed by atoms with Crippen molar-refractivity contribution in [2.24, 2.45) is 5.92 Å². The van der Waals surface area contributed by atoms with Crippen LogP contribution in [0.1, 0.15) is 29.8 Å². The molecule has 1 atom stereocenters. The van der Waals surface area contributed by atoms with E-state index in [4.69, 9.17) is 0 Å². The fourth-order valence-electron chi connectivity index (χ4n) is 2.59. The summed E-state index contributed by atoms with van der Waals surface area (Å²) in [6.07, 6.45) is 0. The molecule has 0 aromatic heterocycles. The predicted octanol–water partition coefficient (Wildman–Crippen LogP) is 1.67. The molecule has 0 heterocycles. The highest BCUT2D eigenvalue weighted by molar-refractivity contribution is 7.89. The highest BCUT2D eigenvalue weighted by Gasteiger charge is 2.24. The molecule has 2 amide bonds. The van der Waals surface area contributed by atoms with E-state index in [1.807, 2.05) is 19.9 Å². The van der Waals surface area contributed by atoms with Crippen LogP contribution in [-0.2, 0) is 21.4 Å². The lowest BCUT2D eigenvalue weighted by atomic mass is 10.0. The summed E-state index contributed by atoms with van der Waals surface area (Å²) >= 11 is 0. The summed E-state index contributed by atoms with van der Waals surface area (Å²) in [6, 6.07) is 14.3. The van der Waals surface area contributed by atoms with Crippen LogP contribution < -0.4 is 15.4 Å². The van der Waals surface area contributed by atoms with E-state index in [1.54, 1.807) is 36.4 Å². The van der Waals surface area contributed by atoms with E-state index in [-0.39, 0.29) is 29.2 Å². The van der Waals surface area contributed by atoms with Crippen LogP contribution >= 0.6 is 0 Å². The highest BCUT2D eigenvalue weighted by Crippen LogP contribution is 2.11. The third-order valence-electron chi connectivity index (χ3n) is 4.22. The first-order chi connectivity index (χ1) is 13.2. The largest absolute Gasteiger partial charge is 0.350 e. The summed E-state index contributed by atoms with van der Waals surface area (Å²) in [5.41, 5.74) is 1.12. The van der Waals surface area contributed by atoms with Crippen molar-refractivity contribution in [3.63, 3.8) is 0 Å². The standard InChI is InChI=1S/C20H25N3O4S/c1-14(2)18(23-19(24)16-9-5-4-6-10-16)20(25)22-13-15-8-7-11-17(12-15)28(26,27)21-3/h4-12,14,18,21H,13H2,1-3H3,(H,22,25)(H,23,24). The van der Waals surface area contributed by atoms with Gasteiger partial charge in [0.2, 0.25) is 15.9 Å². The first kappa shape index (κ1) is 21.6. The van der Waals surface area contributed by atoms with Crippen molar-refractivity contribution in [3.8, 4) is 0 Å². The molecular formula is C20H25N3O4S. The van der Waals surface area contributed by atoms with Gasteiger partial charge in [-0.2, -0.15) is 0 Å². The summed E-state index contributed by atoms with van der Waals surface area (Å²) < 4.78 is 26.1. The molecule has 150 valence electrons. The minimum atomic E-state index is -3.56. The molecule has 7 nitrogen and oxygen atoms in total. The first-order valence-electron chi connectivity index (χ1n) is 8.90. The van der Waals surface area contributed by atoms with Gasteiger partial charge in [-0.15, -0.1) is 0 Å². The monoisotopic (exact) mass is 403 g/mol. The molecule has 8 heteroatoms. The zero-order valence-electron chi connectivity index (χ0n) is 16.1. The van der Waals surface area contributed by atoms with Crippen LogP contribution in [0.3, 0.4) is 0 Å². The summed E-state index contributed by atoms with van der Waals surface area (Å²) in [6.45, 7) is 3.83. The maximum absolute atomic E-state index is 12.6. The molecule has 2 aromatic carbocycles. The lowest BCUT2D eigenvalue weighted by Gasteiger charge is -2.22. The van der Waals surface area contributed by atoms with Crippen LogP contribution in [0, 0.1) is 5.92 Å². The second-order valence-electron chi connectivity index (χ2n) is 6.63. The average Bonchev–Trinajstić information content (AvgIpc) is 2.70. The van der Waals surface area contributed by atoms with E-state index < -0.39 is 16.1 Å². The van der Waals surface area contributed by atoms with Crippen molar-refractivity contribution >= 4 is 21.8 Å². The Kier molecular flexibility index (Phi) is 7.31. The van der Waals surface area contributed by atoms with Crippen LogP contribution in [0.2, 0.25) is 0 Å². The van der Waals surface area contributed by atoms with Crippen molar-refractivity contribution in [2.75, 3.05) is 7.05 Å². The summed E-state index contributed by atoms with van der Waals surface area (Å²) in [4.78, 5) is 25.1. The molecule has 0 spiro atoms. The normalized spacial score (nSPS) is 12.4. The quantitative estimate of drug-likeness (QED) is 0.623. The van der Waals surface area contributed by atoms with Crippen molar-refractivity contribution in [2.45, 2.75) is 31.3 Å². The molecule has 3 N–H and O–H groups in total. The van der Waals surface area contributed by atoms with Gasteiger partial charge < -0.3 is 10.6 Å². The van der Waals surface area contributed by atoms with Gasteiger partial charge in [-0.3, -0.25) is 9.59 Å². The van der Waals surface area contributed by atoms with Gasteiger partial charge in [0.05, 0.1) is 4.90 Å². The smallest absolute Gasteiger partial charge is 0.251 e. The number of sulfonamides is 1. The second-order valence-corrected chi connectivity index (χ2v) is 8.52. The van der Waals surface area contributed by atoms with Gasteiger partial charge >= 0.3 is 0 Å². The molecule has 1 unspecified atom stereocenters. The first-order valence-corrected chi connectivity index (χ1v) is 10.4. The van der Waals surface area contributed by atoms with Gasteiger partial charge in [0.15, 0.2) is 0 Å². The Morgan fingerprint density at radius 2 is 1.68 bits per heavy atom. The molecule has 0 fully saturated rings. The van der Waals surface area contributed by atoms with Gasteiger partial charge in [-0.05, 0) is 42.8 Å². The van der Waals surface area contributed by atoms with Gasteiger partial charge in [0.1, 0.15) is 6.04 Å². The Hall–Kier alpha value is -2.71. The van der Waals surface area contributed by atoms with Crippen molar-refractivity contribution in [3.05, 3.63) is 65.7 Å². The summed E-state index contributed by atoms with van der Waals surface area (Å²) in [7, 11) is -2.22. The summed E-state index contributed by atoms with van der Waals surface area (Å²) in [5, 5.41) is 5.52. The maximum Gasteiger partial charge on any atom is 0.251 e. The molecule has 0 aliphatic heterocycles. The van der Waals surface area contributed by atoms with Crippen LogP contribution in [-0.4, -0.2) is 33.3 Å². The van der Waals surface area contributed by atoms with E-state index in [1.165, 1.54) is 19.2 Å². The van der Waals surface area contributed by atoms with Crippen molar-refractivity contribution < 1.29 is 18.0 Å². The SMILES string of the molecule is CNS(=O)(=O)c1cccc(CNC(=O)C(NC(=O)c2ccccc2)C(C)C)c1. The number of amides is 2. The molecule has 2 aromatic rings. The number of benzene rings is 2. The number of nitrogens with one attached hydrogen (secondary N) is 3. The lowest BCUT2D eigenvalue weighted by Crippen LogP contribution is -2.49. The van der Waals surface area contributed by atoms with Crippen molar-refractivity contribution in [1.82, 2.24) is 15.4 Å². The molecule has 0 bridgehead atoms. The third kappa shape index (κ3) is 5.64. The van der Waals surface area contributed by atoms with Gasteiger partial charge in [0.25, 0.3) is 5.91 Å². The lowest BCUT2D eigenvalue weighted by molar-refractivity contribution is -0.124. The number of rotatable bonds is 8. The Labute approximate surface area is 165 Å². The molecule has 2 rings (SSSR count). The van der Waals surface area contributed by atoms with Crippen LogP contribution in [0.25, 0.3) is 0 Å². The fraction of sp³-hybridized carbons (Fsp3) is 0.300. The molecule has 0 aliphatic carbocycles. The number of hydrogen-bond acceptors (Lipinski definition) is 4. The van der Waals surface area contributed by atoms with Gasteiger partial charge in [-0.1, -0.05) is 44.2 Å². The average molecular weight is 404 g/mol. The van der Waals surface area contributed by atoms with Gasteiger partial charge in [-0.25, -0.2) is 13.1 Å². The van der Waals surface area contributed by atoms with Crippen LogP contribution in [0.4, 0.5) is 0 Å². The third-order valence-corrected chi connectivity index (χ3v) is 5.63. The van der Waals surface area contributed by atoms with Crippen molar-refractivity contribution in [1.29, 1.82) is 0 Å². The second kappa shape index (κ2) is 9.48. The fourth-order valence-corrected chi connectivity index (χ4v) is 3.39. The maximum atomic E-state index is 12.6. The van der Waals surface area contributed by atoms with Crippen LogP contribution in [0.5, 0.6) is 0 Å². The molecule has 0 radical (unpaired) electrons. The minimum absolute atomic E-state index is 0.122. The summed E-state index contributed by atoms with van der Waals surface area (Å²) in [5.74, 6) is -0.776. The van der Waals surface area contributed by atoms with E-state index in [2.05, 4.69) is 15.4 Å². The molecular weight excluding hydrogens is 378 g/mol. The van der Waals surface area contributed by atoms with E-state index >= 15 is 0 Å². The molecule has 28 heavy (non-hydrogen) atoms. The predicted molar refractivity (Wildman–Crippen MR) is 107 cm³/mol.